The SMILES string of the molecule is CCC(=O)C(C)NS(=O)(=O)c1cccnc1C#N. The second-order valence-corrected chi connectivity index (χ2v) is 5.31. The van der Waals surface area contributed by atoms with Crippen LogP contribution in [0.25, 0.3) is 0 Å². The second-order valence-electron chi connectivity index (χ2n) is 3.62. The highest BCUT2D eigenvalue weighted by Crippen LogP contribution is 2.12. The minimum Gasteiger partial charge on any atom is -0.298 e. The number of hydrogen-bond donors (Lipinski definition) is 1. The molecule has 0 aromatic carbocycles. The Hall–Kier alpha value is -1.78. The summed E-state index contributed by atoms with van der Waals surface area (Å²) in [5.74, 6) is -0.221. The first-order valence-electron chi connectivity index (χ1n) is 5.32. The average molecular weight is 267 g/mol. The number of rotatable bonds is 5. The minimum absolute atomic E-state index is 0.193. The number of nitrogens with zero attached hydrogens (tertiary/aromatic N) is 2. The molecule has 96 valence electrons. The number of carbonyl (C=O) groups is 1. The number of ketones is 1. The first-order chi connectivity index (χ1) is 8.42. The Morgan fingerprint density at radius 1 is 1.61 bits per heavy atom. The molecule has 1 rings (SSSR count). The summed E-state index contributed by atoms with van der Waals surface area (Å²) in [5, 5.41) is 8.80. The van der Waals surface area contributed by atoms with Crippen LogP contribution >= 0.6 is 0 Å². The van der Waals surface area contributed by atoms with Gasteiger partial charge in [-0.15, -0.1) is 0 Å². The van der Waals surface area contributed by atoms with E-state index in [0.717, 1.165) is 0 Å². The van der Waals surface area contributed by atoms with E-state index in [1.54, 1.807) is 13.0 Å². The molecule has 1 N–H and O–H groups in total. The van der Waals surface area contributed by atoms with E-state index in [0.29, 0.717) is 0 Å². The molecule has 1 aromatic heterocycles. The summed E-state index contributed by atoms with van der Waals surface area (Å²) >= 11 is 0. The van der Waals surface area contributed by atoms with Crippen LogP contribution in [0.1, 0.15) is 26.0 Å². The van der Waals surface area contributed by atoms with Crippen LogP contribution in [0.3, 0.4) is 0 Å². The summed E-state index contributed by atoms with van der Waals surface area (Å²) < 4.78 is 26.2. The molecule has 0 aliphatic heterocycles. The summed E-state index contributed by atoms with van der Waals surface area (Å²) in [7, 11) is -3.91. The van der Waals surface area contributed by atoms with Gasteiger partial charge in [0.1, 0.15) is 16.7 Å². The molecule has 0 saturated heterocycles. The fraction of sp³-hybridized carbons (Fsp3) is 0.364. The van der Waals surface area contributed by atoms with Crippen LogP contribution in [0.2, 0.25) is 0 Å². The maximum atomic E-state index is 12.0. The standard InChI is InChI=1S/C11H13N3O3S/c1-3-10(15)8(2)14-18(16,17)11-5-4-6-13-9(11)7-12/h4-6,8,14H,3H2,1-2H3. The van der Waals surface area contributed by atoms with E-state index < -0.39 is 16.1 Å². The van der Waals surface area contributed by atoms with Crippen LogP contribution in [0.4, 0.5) is 0 Å². The van der Waals surface area contributed by atoms with Crippen LogP contribution in [0.5, 0.6) is 0 Å². The lowest BCUT2D eigenvalue weighted by molar-refractivity contribution is -0.119. The molecular weight excluding hydrogens is 254 g/mol. The fourth-order valence-corrected chi connectivity index (χ4v) is 2.69. The van der Waals surface area contributed by atoms with Gasteiger partial charge in [-0.1, -0.05) is 6.92 Å². The summed E-state index contributed by atoms with van der Waals surface area (Å²) in [6, 6.07) is 3.57. The zero-order valence-electron chi connectivity index (χ0n) is 10.0. The summed E-state index contributed by atoms with van der Waals surface area (Å²) in [4.78, 5) is 14.8. The highest BCUT2D eigenvalue weighted by Gasteiger charge is 2.23. The molecule has 0 fully saturated rings. The Morgan fingerprint density at radius 2 is 2.28 bits per heavy atom. The first-order valence-corrected chi connectivity index (χ1v) is 6.80. The summed E-state index contributed by atoms with van der Waals surface area (Å²) in [6.07, 6.45) is 1.57. The van der Waals surface area contributed by atoms with Gasteiger partial charge in [-0.2, -0.15) is 5.26 Å². The third-order valence-electron chi connectivity index (χ3n) is 2.33. The number of nitrogens with one attached hydrogen (secondary N) is 1. The van der Waals surface area contributed by atoms with Gasteiger partial charge in [0.25, 0.3) is 0 Å². The van der Waals surface area contributed by atoms with E-state index in [4.69, 9.17) is 5.26 Å². The molecule has 0 spiro atoms. The molecule has 7 heteroatoms. The van der Waals surface area contributed by atoms with Gasteiger partial charge in [0.2, 0.25) is 10.0 Å². The van der Waals surface area contributed by atoms with E-state index in [9.17, 15) is 13.2 Å². The van der Waals surface area contributed by atoms with Crippen molar-refractivity contribution in [1.82, 2.24) is 9.71 Å². The molecule has 0 aliphatic carbocycles. The molecule has 1 aromatic rings. The fourth-order valence-electron chi connectivity index (χ4n) is 1.36. The number of hydrogen-bond acceptors (Lipinski definition) is 5. The lowest BCUT2D eigenvalue weighted by Gasteiger charge is -2.12. The van der Waals surface area contributed by atoms with Crippen molar-refractivity contribution in [2.45, 2.75) is 31.2 Å². The van der Waals surface area contributed by atoms with E-state index in [-0.39, 0.29) is 22.8 Å². The van der Waals surface area contributed by atoms with Gasteiger partial charge in [0, 0.05) is 12.6 Å². The Labute approximate surface area is 106 Å². The second kappa shape index (κ2) is 5.71. The normalized spacial score (nSPS) is 12.7. The maximum Gasteiger partial charge on any atom is 0.244 e. The van der Waals surface area contributed by atoms with Gasteiger partial charge in [-0.25, -0.2) is 18.1 Å². The van der Waals surface area contributed by atoms with Crippen LogP contribution in [0, 0.1) is 11.3 Å². The number of carbonyl (C=O) groups excluding carboxylic acids is 1. The van der Waals surface area contributed by atoms with E-state index in [1.165, 1.54) is 25.3 Å². The van der Waals surface area contributed by atoms with Gasteiger partial charge in [0.05, 0.1) is 6.04 Å². The summed E-state index contributed by atoms with van der Waals surface area (Å²) in [6.45, 7) is 3.11. The van der Waals surface area contributed by atoms with Crippen molar-refractivity contribution in [2.75, 3.05) is 0 Å². The molecule has 0 bridgehead atoms. The Morgan fingerprint density at radius 3 is 2.83 bits per heavy atom. The van der Waals surface area contributed by atoms with Crippen molar-refractivity contribution < 1.29 is 13.2 Å². The van der Waals surface area contributed by atoms with E-state index in [1.807, 2.05) is 0 Å². The topological polar surface area (TPSA) is 99.9 Å². The molecule has 0 radical (unpaired) electrons. The molecule has 1 atom stereocenters. The third-order valence-corrected chi connectivity index (χ3v) is 3.90. The van der Waals surface area contributed by atoms with Crippen LogP contribution in [-0.2, 0) is 14.8 Å². The molecule has 0 saturated carbocycles. The molecule has 1 heterocycles. The van der Waals surface area contributed by atoms with Gasteiger partial charge < -0.3 is 0 Å². The minimum atomic E-state index is -3.91. The lowest BCUT2D eigenvalue weighted by Crippen LogP contribution is -2.38. The number of aromatic nitrogens is 1. The van der Waals surface area contributed by atoms with Crippen molar-refractivity contribution in [3.63, 3.8) is 0 Å². The Kier molecular flexibility index (Phi) is 4.53. The van der Waals surface area contributed by atoms with E-state index in [2.05, 4.69) is 9.71 Å². The molecule has 0 aliphatic rings. The van der Waals surface area contributed by atoms with Gasteiger partial charge in [-0.3, -0.25) is 4.79 Å². The molecule has 18 heavy (non-hydrogen) atoms. The number of pyridine rings is 1. The van der Waals surface area contributed by atoms with Crippen LogP contribution in [0.15, 0.2) is 23.2 Å². The van der Waals surface area contributed by atoms with Crippen molar-refractivity contribution in [3.8, 4) is 6.07 Å². The zero-order valence-corrected chi connectivity index (χ0v) is 10.9. The van der Waals surface area contributed by atoms with Gasteiger partial charge in [-0.05, 0) is 19.1 Å². The largest absolute Gasteiger partial charge is 0.298 e. The monoisotopic (exact) mass is 267 g/mol. The van der Waals surface area contributed by atoms with Crippen molar-refractivity contribution in [2.24, 2.45) is 0 Å². The van der Waals surface area contributed by atoms with Crippen molar-refractivity contribution in [3.05, 3.63) is 24.0 Å². The predicted molar refractivity (Wildman–Crippen MR) is 64.0 cm³/mol. The number of nitriles is 1. The van der Waals surface area contributed by atoms with Gasteiger partial charge >= 0.3 is 0 Å². The van der Waals surface area contributed by atoms with E-state index >= 15 is 0 Å². The molecule has 1 unspecified atom stereocenters. The highest BCUT2D eigenvalue weighted by molar-refractivity contribution is 7.89. The quantitative estimate of drug-likeness (QED) is 0.842. The Balaban J connectivity index is 3.08. The first kappa shape index (κ1) is 14.3. The molecule has 6 nitrogen and oxygen atoms in total. The predicted octanol–water partition coefficient (Wildman–Crippen LogP) is 0.599. The molecule has 0 amide bonds. The maximum absolute atomic E-state index is 12.0. The lowest BCUT2D eigenvalue weighted by atomic mass is 10.2. The van der Waals surface area contributed by atoms with Gasteiger partial charge in [0.15, 0.2) is 5.69 Å². The molecular formula is C11H13N3O3S. The summed E-state index contributed by atoms with van der Waals surface area (Å²) in [5.41, 5.74) is -0.193. The van der Waals surface area contributed by atoms with Crippen molar-refractivity contribution >= 4 is 15.8 Å². The van der Waals surface area contributed by atoms with Crippen LogP contribution in [-0.4, -0.2) is 25.2 Å². The smallest absolute Gasteiger partial charge is 0.244 e. The van der Waals surface area contributed by atoms with Crippen molar-refractivity contribution in [1.29, 1.82) is 5.26 Å². The van der Waals surface area contributed by atoms with Crippen LogP contribution < -0.4 is 4.72 Å². The highest BCUT2D eigenvalue weighted by atomic mass is 32.2. The average Bonchev–Trinajstić information content (AvgIpc) is 2.37. The zero-order chi connectivity index (χ0) is 13.8. The number of Topliss-reactive ketones (excluding diaryl/α,β-unsaturated/α-hetero) is 1. The third kappa shape index (κ3) is 3.12. The number of sulfonamides is 1. The Bertz CT molecular complexity index is 590.